The molecule has 4 rings (SSSR count). The highest BCUT2D eigenvalue weighted by molar-refractivity contribution is 7.92. The third-order valence-corrected chi connectivity index (χ3v) is 7.67. The van der Waals surface area contributed by atoms with Gasteiger partial charge in [0.25, 0.3) is 10.0 Å². The molecule has 0 unspecified atom stereocenters. The molecule has 0 spiro atoms. The fourth-order valence-electron chi connectivity index (χ4n) is 4.17. The maximum absolute atomic E-state index is 13.3. The second-order valence-corrected chi connectivity index (χ2v) is 10.2. The number of rotatable bonds is 6. The van der Waals surface area contributed by atoms with Gasteiger partial charge in [-0.05, 0) is 73.9 Å². The minimum atomic E-state index is -3.93. The number of hydrogen-bond acceptors (Lipinski definition) is 6. The van der Waals surface area contributed by atoms with Crippen molar-refractivity contribution in [3.8, 4) is 0 Å². The van der Waals surface area contributed by atoms with E-state index in [0.717, 1.165) is 16.9 Å². The van der Waals surface area contributed by atoms with Crippen LogP contribution >= 0.6 is 0 Å². The van der Waals surface area contributed by atoms with Gasteiger partial charge in [-0.15, -0.1) is 0 Å². The summed E-state index contributed by atoms with van der Waals surface area (Å²) in [5.41, 5.74) is 3.44. The van der Waals surface area contributed by atoms with Crippen LogP contribution < -0.4 is 14.5 Å². The zero-order chi connectivity index (χ0) is 24.5. The number of carbonyl (C=O) groups is 1. The molecule has 3 aromatic rings. The molecule has 1 aliphatic rings. The molecule has 0 amide bonds. The lowest BCUT2D eigenvalue weighted by Crippen LogP contribution is -2.47. The van der Waals surface area contributed by atoms with Crippen molar-refractivity contribution in [1.29, 1.82) is 0 Å². The number of piperazine rings is 1. The molecule has 0 aliphatic carbocycles. The van der Waals surface area contributed by atoms with Crippen LogP contribution in [0.1, 0.15) is 27.0 Å². The van der Waals surface area contributed by atoms with Crippen molar-refractivity contribution >= 4 is 33.2 Å². The van der Waals surface area contributed by atoms with Crippen LogP contribution in [0.3, 0.4) is 0 Å². The number of aromatic carboxylic acids is 1. The molecule has 8 nitrogen and oxygen atoms in total. The molecule has 1 fully saturated rings. The average molecular weight is 481 g/mol. The van der Waals surface area contributed by atoms with Gasteiger partial charge in [0.1, 0.15) is 5.82 Å². The number of nitrogens with zero attached hydrogens (tertiary/aromatic N) is 3. The molecular weight excluding hydrogens is 452 g/mol. The lowest BCUT2D eigenvalue weighted by atomic mass is 10.1. The highest BCUT2D eigenvalue weighted by atomic mass is 32.2. The first-order valence-electron chi connectivity index (χ1n) is 11.0. The Hall–Kier alpha value is -3.59. The number of aryl methyl sites for hydroxylation is 3. The minimum absolute atomic E-state index is 0.0189. The number of carboxylic acids is 1. The van der Waals surface area contributed by atoms with Crippen LogP contribution in [-0.2, 0) is 10.0 Å². The topological polar surface area (TPSA) is 103 Å². The van der Waals surface area contributed by atoms with Gasteiger partial charge in [0.05, 0.1) is 21.8 Å². The third kappa shape index (κ3) is 4.84. The lowest BCUT2D eigenvalue weighted by molar-refractivity contribution is 0.0697. The van der Waals surface area contributed by atoms with Gasteiger partial charge < -0.3 is 14.9 Å². The number of anilines is 3. The summed E-state index contributed by atoms with van der Waals surface area (Å²) in [5.74, 6) is -0.219. The van der Waals surface area contributed by atoms with E-state index < -0.39 is 16.0 Å². The first kappa shape index (κ1) is 23.6. The number of pyridine rings is 1. The van der Waals surface area contributed by atoms with Crippen molar-refractivity contribution in [1.82, 2.24) is 4.98 Å². The number of hydrogen-bond donors (Lipinski definition) is 2. The Balaban J connectivity index is 1.64. The molecule has 2 heterocycles. The standard InChI is InChI=1S/C25H28N4O4S/c1-17-14-19(3)23(15-18(17)2)34(32,33)27-21-16-20(25(30)31)7-8-22(21)28-10-12-29(13-11-28)24-6-4-5-9-26-24/h4-9,14-16,27H,10-13H2,1-3H3,(H,30,31). The van der Waals surface area contributed by atoms with E-state index in [4.69, 9.17) is 0 Å². The molecule has 1 saturated heterocycles. The molecule has 0 saturated carbocycles. The number of benzene rings is 2. The second kappa shape index (κ2) is 9.34. The summed E-state index contributed by atoms with van der Waals surface area (Å²) in [6.45, 7) is 8.25. The van der Waals surface area contributed by atoms with Crippen molar-refractivity contribution in [2.24, 2.45) is 0 Å². The molecule has 9 heteroatoms. The van der Waals surface area contributed by atoms with Crippen molar-refractivity contribution in [2.75, 3.05) is 40.7 Å². The molecule has 0 bridgehead atoms. The molecule has 0 radical (unpaired) electrons. The predicted octanol–water partition coefficient (Wildman–Crippen LogP) is 3.83. The Bertz CT molecular complexity index is 1320. The van der Waals surface area contributed by atoms with Crippen LogP contribution in [0.4, 0.5) is 17.2 Å². The maximum Gasteiger partial charge on any atom is 0.335 e. The average Bonchev–Trinajstić information content (AvgIpc) is 2.81. The van der Waals surface area contributed by atoms with Gasteiger partial charge in [0.2, 0.25) is 0 Å². The molecule has 2 N–H and O–H groups in total. The first-order valence-corrected chi connectivity index (χ1v) is 12.5. The Morgan fingerprint density at radius 3 is 2.24 bits per heavy atom. The van der Waals surface area contributed by atoms with Gasteiger partial charge in [0.15, 0.2) is 0 Å². The quantitative estimate of drug-likeness (QED) is 0.553. The fraction of sp³-hybridized carbons (Fsp3) is 0.280. The van der Waals surface area contributed by atoms with Crippen LogP contribution in [0.2, 0.25) is 0 Å². The summed E-state index contributed by atoms with van der Waals surface area (Å²) in [4.78, 5) is 20.4. The van der Waals surface area contributed by atoms with Gasteiger partial charge in [-0.2, -0.15) is 0 Å². The van der Waals surface area contributed by atoms with Crippen LogP contribution in [0.5, 0.6) is 0 Å². The summed E-state index contributed by atoms with van der Waals surface area (Å²) in [5, 5.41) is 9.49. The second-order valence-electron chi connectivity index (χ2n) is 8.51. The molecule has 1 aromatic heterocycles. The summed E-state index contributed by atoms with van der Waals surface area (Å²) in [7, 11) is -3.93. The largest absolute Gasteiger partial charge is 0.478 e. The van der Waals surface area contributed by atoms with Crippen LogP contribution in [0, 0.1) is 20.8 Å². The van der Waals surface area contributed by atoms with Crippen molar-refractivity contribution in [2.45, 2.75) is 25.7 Å². The normalized spacial score (nSPS) is 14.2. The number of aromatic nitrogens is 1. The predicted molar refractivity (Wildman–Crippen MR) is 134 cm³/mol. The Morgan fingerprint density at radius 1 is 0.912 bits per heavy atom. The van der Waals surface area contributed by atoms with E-state index in [1.165, 1.54) is 12.1 Å². The molecular formula is C25H28N4O4S. The minimum Gasteiger partial charge on any atom is -0.478 e. The van der Waals surface area contributed by atoms with Gasteiger partial charge >= 0.3 is 5.97 Å². The van der Waals surface area contributed by atoms with E-state index in [0.29, 0.717) is 37.4 Å². The van der Waals surface area contributed by atoms with Crippen molar-refractivity contribution in [3.63, 3.8) is 0 Å². The molecule has 34 heavy (non-hydrogen) atoms. The Labute approximate surface area is 199 Å². The summed E-state index contributed by atoms with van der Waals surface area (Å²) >= 11 is 0. The number of carboxylic acid groups (broad SMARTS) is 1. The Morgan fingerprint density at radius 2 is 1.59 bits per heavy atom. The van der Waals surface area contributed by atoms with Crippen LogP contribution in [0.15, 0.2) is 59.6 Å². The van der Waals surface area contributed by atoms with Gasteiger partial charge in [-0.25, -0.2) is 18.2 Å². The third-order valence-electron chi connectivity index (χ3n) is 6.16. The molecule has 2 aromatic carbocycles. The highest BCUT2D eigenvalue weighted by Crippen LogP contribution is 2.32. The molecule has 1 aliphatic heterocycles. The van der Waals surface area contributed by atoms with Crippen LogP contribution in [0.25, 0.3) is 0 Å². The van der Waals surface area contributed by atoms with E-state index in [9.17, 15) is 18.3 Å². The van der Waals surface area contributed by atoms with Gasteiger partial charge in [-0.3, -0.25) is 4.72 Å². The SMILES string of the molecule is Cc1cc(C)c(S(=O)(=O)Nc2cc(C(=O)O)ccc2N2CCN(c3ccccn3)CC2)cc1C. The smallest absolute Gasteiger partial charge is 0.335 e. The zero-order valence-corrected chi connectivity index (χ0v) is 20.3. The van der Waals surface area contributed by atoms with Crippen LogP contribution in [-0.4, -0.2) is 50.7 Å². The van der Waals surface area contributed by atoms with Gasteiger partial charge in [0, 0.05) is 32.4 Å². The van der Waals surface area contributed by atoms with E-state index in [1.54, 1.807) is 25.3 Å². The first-order chi connectivity index (χ1) is 16.2. The number of sulfonamides is 1. The zero-order valence-electron chi connectivity index (χ0n) is 19.4. The van der Waals surface area contributed by atoms with E-state index >= 15 is 0 Å². The molecule has 0 atom stereocenters. The van der Waals surface area contributed by atoms with E-state index in [-0.39, 0.29) is 16.1 Å². The van der Waals surface area contributed by atoms with Crippen molar-refractivity contribution < 1.29 is 18.3 Å². The maximum atomic E-state index is 13.3. The molecule has 178 valence electrons. The summed E-state index contributed by atoms with van der Waals surface area (Å²) < 4.78 is 29.4. The summed E-state index contributed by atoms with van der Waals surface area (Å²) in [6.07, 6.45) is 1.76. The monoisotopic (exact) mass is 480 g/mol. The Kier molecular flexibility index (Phi) is 6.47. The van der Waals surface area contributed by atoms with E-state index in [2.05, 4.69) is 19.5 Å². The van der Waals surface area contributed by atoms with Gasteiger partial charge in [-0.1, -0.05) is 12.1 Å². The highest BCUT2D eigenvalue weighted by Gasteiger charge is 2.25. The fourth-order valence-corrected chi connectivity index (χ4v) is 5.54. The number of nitrogens with one attached hydrogen (secondary N) is 1. The van der Waals surface area contributed by atoms with E-state index in [1.807, 2.05) is 38.1 Å². The van der Waals surface area contributed by atoms with Crippen molar-refractivity contribution in [3.05, 3.63) is 77.0 Å². The lowest BCUT2D eigenvalue weighted by Gasteiger charge is -2.37. The summed E-state index contributed by atoms with van der Waals surface area (Å²) in [6, 6.07) is 13.8.